The van der Waals surface area contributed by atoms with Gasteiger partial charge in [-0.05, 0) is 25.1 Å². The standard InChI is InChI=1S/C20H24N4O2S/c1-3-23(4-2)16(12-15-8-6-5-7-9-15)13-21-18(25)17-14-22-20-24(19(17)26)10-11-27-20/h5-11,14,16H,3-4,12-13H2,1-2H3,(H,21,25)/t16-/m0/s1. The van der Waals surface area contributed by atoms with Gasteiger partial charge < -0.3 is 5.32 Å². The van der Waals surface area contributed by atoms with Gasteiger partial charge in [-0.15, -0.1) is 11.3 Å². The molecule has 0 radical (unpaired) electrons. The first-order valence-electron chi connectivity index (χ1n) is 9.15. The molecule has 27 heavy (non-hydrogen) atoms. The van der Waals surface area contributed by atoms with Crippen LogP contribution in [0.4, 0.5) is 0 Å². The summed E-state index contributed by atoms with van der Waals surface area (Å²) in [5.74, 6) is -0.377. The Bertz CT molecular complexity index is 947. The molecule has 1 amide bonds. The number of nitrogens with zero attached hydrogens (tertiary/aromatic N) is 3. The molecule has 0 fully saturated rings. The Morgan fingerprint density at radius 2 is 2.00 bits per heavy atom. The molecule has 0 aliphatic carbocycles. The number of nitrogens with one attached hydrogen (secondary N) is 1. The Kier molecular flexibility index (Phi) is 6.36. The van der Waals surface area contributed by atoms with Crippen LogP contribution < -0.4 is 10.9 Å². The molecule has 0 spiro atoms. The average molecular weight is 385 g/mol. The number of aromatic nitrogens is 2. The van der Waals surface area contributed by atoms with E-state index in [2.05, 4.69) is 41.2 Å². The summed E-state index contributed by atoms with van der Waals surface area (Å²) in [7, 11) is 0. The molecular weight excluding hydrogens is 360 g/mol. The van der Waals surface area contributed by atoms with E-state index in [0.29, 0.717) is 11.5 Å². The number of hydrogen-bond donors (Lipinski definition) is 1. The van der Waals surface area contributed by atoms with Gasteiger partial charge in [0.05, 0.1) is 0 Å². The summed E-state index contributed by atoms with van der Waals surface area (Å²) in [6, 6.07) is 10.4. The van der Waals surface area contributed by atoms with Gasteiger partial charge in [0.15, 0.2) is 4.96 Å². The zero-order valence-electron chi connectivity index (χ0n) is 15.6. The Labute approximate surface area is 162 Å². The summed E-state index contributed by atoms with van der Waals surface area (Å²) < 4.78 is 1.41. The molecule has 2 heterocycles. The highest BCUT2D eigenvalue weighted by molar-refractivity contribution is 7.15. The number of fused-ring (bicyclic) bond motifs is 1. The van der Waals surface area contributed by atoms with Crippen molar-refractivity contribution in [1.82, 2.24) is 19.6 Å². The van der Waals surface area contributed by atoms with Gasteiger partial charge in [-0.25, -0.2) is 4.98 Å². The Morgan fingerprint density at radius 3 is 2.70 bits per heavy atom. The van der Waals surface area contributed by atoms with Crippen molar-refractivity contribution in [3.63, 3.8) is 0 Å². The van der Waals surface area contributed by atoms with Crippen LogP contribution in [0.3, 0.4) is 0 Å². The number of likely N-dealkylation sites (N-methyl/N-ethyl adjacent to an activating group) is 1. The van der Waals surface area contributed by atoms with Crippen molar-refractivity contribution in [3.05, 3.63) is 69.6 Å². The van der Waals surface area contributed by atoms with Gasteiger partial charge in [0.1, 0.15) is 5.56 Å². The highest BCUT2D eigenvalue weighted by atomic mass is 32.1. The second-order valence-corrected chi connectivity index (χ2v) is 7.18. The Hall–Kier alpha value is -2.51. The molecule has 0 bridgehead atoms. The number of carbonyl (C=O) groups excluding carboxylic acids is 1. The quantitative estimate of drug-likeness (QED) is 0.648. The summed E-state index contributed by atoms with van der Waals surface area (Å²) in [4.78, 5) is 32.2. The number of carbonyl (C=O) groups is 1. The molecule has 0 aliphatic heterocycles. The van der Waals surface area contributed by atoms with Gasteiger partial charge in [-0.3, -0.25) is 18.9 Å². The third-order valence-electron chi connectivity index (χ3n) is 4.73. The lowest BCUT2D eigenvalue weighted by atomic mass is 10.0. The van der Waals surface area contributed by atoms with E-state index in [1.165, 1.54) is 27.5 Å². The zero-order chi connectivity index (χ0) is 19.2. The molecule has 0 saturated heterocycles. The lowest BCUT2D eigenvalue weighted by Crippen LogP contribution is -2.46. The van der Waals surface area contributed by atoms with Crippen molar-refractivity contribution < 1.29 is 4.79 Å². The minimum absolute atomic E-state index is 0.0731. The zero-order valence-corrected chi connectivity index (χ0v) is 16.4. The van der Waals surface area contributed by atoms with E-state index in [-0.39, 0.29) is 23.1 Å². The summed E-state index contributed by atoms with van der Waals surface area (Å²) in [6.45, 7) is 6.50. The Morgan fingerprint density at radius 1 is 1.26 bits per heavy atom. The molecule has 142 valence electrons. The molecule has 1 atom stereocenters. The fourth-order valence-corrected chi connectivity index (χ4v) is 3.92. The van der Waals surface area contributed by atoms with Crippen LogP contribution in [-0.2, 0) is 6.42 Å². The minimum atomic E-state index is -0.377. The number of amides is 1. The number of benzene rings is 1. The number of hydrogen-bond acceptors (Lipinski definition) is 5. The minimum Gasteiger partial charge on any atom is -0.350 e. The third-order valence-corrected chi connectivity index (χ3v) is 5.50. The van der Waals surface area contributed by atoms with E-state index in [4.69, 9.17) is 0 Å². The van der Waals surface area contributed by atoms with Crippen molar-refractivity contribution in [2.45, 2.75) is 26.3 Å². The smallest absolute Gasteiger partial charge is 0.271 e. The third kappa shape index (κ3) is 4.43. The van der Waals surface area contributed by atoms with E-state index in [1.807, 2.05) is 18.2 Å². The molecule has 0 unspecified atom stereocenters. The monoisotopic (exact) mass is 384 g/mol. The molecule has 1 N–H and O–H groups in total. The maximum Gasteiger partial charge on any atom is 0.271 e. The van der Waals surface area contributed by atoms with Gasteiger partial charge in [-0.1, -0.05) is 44.2 Å². The van der Waals surface area contributed by atoms with Crippen molar-refractivity contribution in [1.29, 1.82) is 0 Å². The fourth-order valence-electron chi connectivity index (χ4n) is 3.24. The van der Waals surface area contributed by atoms with Gasteiger partial charge in [0.2, 0.25) is 0 Å². The maximum absolute atomic E-state index is 12.6. The van der Waals surface area contributed by atoms with E-state index >= 15 is 0 Å². The predicted molar refractivity (Wildman–Crippen MR) is 109 cm³/mol. The highest BCUT2D eigenvalue weighted by Gasteiger charge is 2.19. The number of rotatable bonds is 8. The molecule has 3 rings (SSSR count). The lowest BCUT2D eigenvalue weighted by molar-refractivity contribution is 0.0932. The SMILES string of the molecule is CCN(CC)[C@H](CNC(=O)c1cnc2sccn2c1=O)Cc1ccccc1. The lowest BCUT2D eigenvalue weighted by Gasteiger charge is -2.30. The largest absolute Gasteiger partial charge is 0.350 e. The summed E-state index contributed by atoms with van der Waals surface area (Å²) in [5, 5.41) is 4.72. The maximum atomic E-state index is 12.6. The van der Waals surface area contributed by atoms with Crippen molar-refractivity contribution in [2.75, 3.05) is 19.6 Å². The second kappa shape index (κ2) is 8.92. The molecule has 6 nitrogen and oxygen atoms in total. The van der Waals surface area contributed by atoms with Crippen LogP contribution in [0, 0.1) is 0 Å². The predicted octanol–water partition coefficient (Wildman–Crippen LogP) is 2.44. The molecule has 3 aromatic rings. The van der Waals surface area contributed by atoms with Crippen LogP contribution in [0.15, 0.2) is 52.9 Å². The van der Waals surface area contributed by atoms with E-state index < -0.39 is 0 Å². The molecule has 0 saturated carbocycles. The average Bonchev–Trinajstić information content (AvgIpc) is 3.17. The van der Waals surface area contributed by atoms with E-state index in [0.717, 1.165) is 19.5 Å². The number of thiazole rings is 1. The van der Waals surface area contributed by atoms with Crippen LogP contribution in [0.5, 0.6) is 0 Å². The van der Waals surface area contributed by atoms with Crippen molar-refractivity contribution in [2.24, 2.45) is 0 Å². The van der Waals surface area contributed by atoms with Crippen molar-refractivity contribution >= 4 is 22.2 Å². The molecule has 2 aromatic heterocycles. The van der Waals surface area contributed by atoms with Crippen LogP contribution in [0.2, 0.25) is 0 Å². The summed E-state index contributed by atoms with van der Waals surface area (Å²) in [6.07, 6.45) is 3.84. The topological polar surface area (TPSA) is 66.7 Å². The molecular formula is C20H24N4O2S. The molecule has 0 aliphatic rings. The highest BCUT2D eigenvalue weighted by Crippen LogP contribution is 2.09. The van der Waals surface area contributed by atoms with Gasteiger partial charge in [-0.2, -0.15) is 0 Å². The Balaban J connectivity index is 1.74. The first-order chi connectivity index (χ1) is 13.1. The van der Waals surface area contributed by atoms with Gasteiger partial charge >= 0.3 is 0 Å². The first kappa shape index (κ1) is 19.3. The van der Waals surface area contributed by atoms with E-state index in [1.54, 1.807) is 11.6 Å². The van der Waals surface area contributed by atoms with Crippen LogP contribution in [-0.4, -0.2) is 45.9 Å². The first-order valence-corrected chi connectivity index (χ1v) is 10.0. The van der Waals surface area contributed by atoms with E-state index in [9.17, 15) is 9.59 Å². The van der Waals surface area contributed by atoms with Crippen LogP contribution >= 0.6 is 11.3 Å². The molecule has 7 heteroatoms. The van der Waals surface area contributed by atoms with Crippen LogP contribution in [0.1, 0.15) is 29.8 Å². The summed E-state index contributed by atoms with van der Waals surface area (Å²) in [5.41, 5.74) is 0.968. The second-order valence-electron chi connectivity index (χ2n) is 6.31. The normalized spacial score (nSPS) is 12.4. The van der Waals surface area contributed by atoms with Gasteiger partial charge in [0.25, 0.3) is 11.5 Å². The van der Waals surface area contributed by atoms with Gasteiger partial charge in [0, 0.05) is 30.4 Å². The summed E-state index contributed by atoms with van der Waals surface area (Å²) >= 11 is 1.36. The van der Waals surface area contributed by atoms with Crippen molar-refractivity contribution in [3.8, 4) is 0 Å². The van der Waals surface area contributed by atoms with Crippen LogP contribution in [0.25, 0.3) is 4.96 Å². The molecule has 1 aromatic carbocycles. The fraction of sp³-hybridized carbons (Fsp3) is 0.350.